The molecule has 0 aliphatic rings. The molecule has 5 aromatic rings. The minimum absolute atomic E-state index is 0.151. The van der Waals surface area contributed by atoms with Crippen LogP contribution in [0.5, 0.6) is 0 Å². The number of benzene rings is 2. The molecular weight excluding hydrogens is 522 g/mol. The molecule has 194 valence electrons. The first-order valence-electron chi connectivity index (χ1n) is 11.7. The number of hydrogen-bond donors (Lipinski definition) is 2. The highest BCUT2D eigenvalue weighted by Crippen LogP contribution is 2.37. The zero-order valence-corrected chi connectivity index (χ0v) is 22.8. The predicted molar refractivity (Wildman–Crippen MR) is 151 cm³/mol. The van der Waals surface area contributed by atoms with Crippen molar-refractivity contribution in [3.05, 3.63) is 67.3 Å². The Hall–Kier alpha value is -4.09. The van der Waals surface area contributed by atoms with E-state index in [-0.39, 0.29) is 4.90 Å². The monoisotopic (exact) mass is 547 g/mol. The molecule has 2 N–H and O–H groups in total. The van der Waals surface area contributed by atoms with Crippen LogP contribution in [0.4, 0.5) is 21.2 Å². The lowest BCUT2D eigenvalue weighted by molar-refractivity contribution is 0.0636. The zero-order valence-electron chi connectivity index (χ0n) is 21.1. The summed E-state index contributed by atoms with van der Waals surface area (Å²) in [6.07, 6.45) is 6.82. The summed E-state index contributed by atoms with van der Waals surface area (Å²) in [5.74, 6) is 0. The predicted octanol–water partition coefficient (Wildman–Crippen LogP) is 6.40. The van der Waals surface area contributed by atoms with E-state index in [1.165, 1.54) is 29.8 Å². The maximum absolute atomic E-state index is 12.3. The third kappa shape index (κ3) is 5.58. The van der Waals surface area contributed by atoms with E-state index in [1.807, 2.05) is 57.2 Å². The van der Waals surface area contributed by atoms with Gasteiger partial charge in [0.25, 0.3) is 0 Å². The van der Waals surface area contributed by atoms with Crippen molar-refractivity contribution >= 4 is 64.8 Å². The Labute approximate surface area is 223 Å². The number of anilines is 3. The van der Waals surface area contributed by atoms with Crippen molar-refractivity contribution in [3.63, 3.8) is 0 Å². The zero-order chi connectivity index (χ0) is 27.1. The van der Waals surface area contributed by atoms with Gasteiger partial charge in [-0.2, -0.15) is 0 Å². The SMILES string of the molecule is CC(C)(C)OC(=O)Nc1cc2cc(-c3cc(Nc4cnccc4S(C)(=O)=O)cc4nccnc34)ccc2s1. The van der Waals surface area contributed by atoms with Crippen molar-refractivity contribution in [2.75, 3.05) is 16.9 Å². The molecule has 5 rings (SSSR count). The van der Waals surface area contributed by atoms with Gasteiger partial charge in [-0.15, -0.1) is 11.3 Å². The van der Waals surface area contributed by atoms with Gasteiger partial charge in [0.05, 0.1) is 32.8 Å². The number of thiophene rings is 1. The van der Waals surface area contributed by atoms with Gasteiger partial charge in [0.1, 0.15) is 5.60 Å². The smallest absolute Gasteiger partial charge is 0.412 e. The first-order chi connectivity index (χ1) is 18.0. The molecule has 3 heterocycles. The largest absolute Gasteiger partial charge is 0.444 e. The van der Waals surface area contributed by atoms with Crippen molar-refractivity contribution < 1.29 is 17.9 Å². The van der Waals surface area contributed by atoms with Crippen LogP contribution in [0, 0.1) is 0 Å². The first-order valence-corrected chi connectivity index (χ1v) is 14.4. The average Bonchev–Trinajstić information content (AvgIpc) is 3.23. The summed E-state index contributed by atoms with van der Waals surface area (Å²) in [5.41, 5.74) is 3.48. The van der Waals surface area contributed by atoms with E-state index in [2.05, 4.69) is 25.6 Å². The molecule has 3 aromatic heterocycles. The van der Waals surface area contributed by atoms with E-state index in [0.717, 1.165) is 27.5 Å². The molecule has 2 aromatic carbocycles. The van der Waals surface area contributed by atoms with E-state index in [4.69, 9.17) is 4.74 Å². The van der Waals surface area contributed by atoms with Gasteiger partial charge in [-0.1, -0.05) is 6.07 Å². The second-order valence-corrected chi connectivity index (χ2v) is 12.8. The lowest BCUT2D eigenvalue weighted by Crippen LogP contribution is -2.26. The average molecular weight is 548 g/mol. The Kier molecular flexibility index (Phi) is 6.49. The molecule has 0 radical (unpaired) electrons. The Bertz CT molecular complexity index is 1790. The van der Waals surface area contributed by atoms with Crippen LogP contribution in [0.25, 0.3) is 32.2 Å². The van der Waals surface area contributed by atoms with Crippen LogP contribution in [-0.4, -0.2) is 41.3 Å². The fraction of sp³-hybridized carbons (Fsp3) is 0.185. The Balaban J connectivity index is 1.54. The topological polar surface area (TPSA) is 123 Å². The van der Waals surface area contributed by atoms with Crippen LogP contribution < -0.4 is 10.6 Å². The van der Waals surface area contributed by atoms with Crippen LogP contribution in [-0.2, 0) is 14.6 Å². The number of sulfone groups is 1. The van der Waals surface area contributed by atoms with Crippen LogP contribution in [0.2, 0.25) is 0 Å². The molecule has 0 unspecified atom stereocenters. The molecule has 0 spiro atoms. The molecule has 0 aliphatic heterocycles. The molecule has 0 fully saturated rings. The van der Waals surface area contributed by atoms with Crippen molar-refractivity contribution in [3.8, 4) is 11.1 Å². The van der Waals surface area contributed by atoms with Crippen LogP contribution in [0.1, 0.15) is 20.8 Å². The Morgan fingerprint density at radius 1 is 1.00 bits per heavy atom. The van der Waals surface area contributed by atoms with Crippen LogP contribution in [0.3, 0.4) is 0 Å². The van der Waals surface area contributed by atoms with Crippen molar-refractivity contribution in [2.45, 2.75) is 31.3 Å². The molecule has 0 atom stereocenters. The number of rotatable bonds is 5. The van der Waals surface area contributed by atoms with E-state index in [0.29, 0.717) is 27.4 Å². The number of nitrogens with zero attached hydrogens (tertiary/aromatic N) is 3. The number of ether oxygens (including phenoxy) is 1. The third-order valence-electron chi connectivity index (χ3n) is 5.48. The molecule has 11 heteroatoms. The Morgan fingerprint density at radius 3 is 2.55 bits per heavy atom. The van der Waals surface area contributed by atoms with Gasteiger partial charge < -0.3 is 10.1 Å². The minimum Gasteiger partial charge on any atom is -0.444 e. The van der Waals surface area contributed by atoms with Crippen molar-refractivity contribution in [1.29, 1.82) is 0 Å². The van der Waals surface area contributed by atoms with Gasteiger partial charge in [0.2, 0.25) is 0 Å². The number of pyridine rings is 1. The van der Waals surface area contributed by atoms with Gasteiger partial charge >= 0.3 is 6.09 Å². The number of carbonyl (C=O) groups excluding carboxylic acids is 1. The third-order valence-corrected chi connectivity index (χ3v) is 7.67. The Morgan fingerprint density at radius 2 is 1.79 bits per heavy atom. The summed E-state index contributed by atoms with van der Waals surface area (Å²) in [6, 6.07) is 13.1. The van der Waals surface area contributed by atoms with E-state index in [1.54, 1.807) is 12.4 Å². The lowest BCUT2D eigenvalue weighted by atomic mass is 10.0. The summed E-state index contributed by atoms with van der Waals surface area (Å²) in [4.78, 5) is 25.5. The molecule has 0 saturated carbocycles. The maximum Gasteiger partial charge on any atom is 0.412 e. The normalized spacial score (nSPS) is 12.0. The van der Waals surface area contributed by atoms with Gasteiger partial charge in [0.15, 0.2) is 9.84 Å². The quantitative estimate of drug-likeness (QED) is 0.259. The molecular formula is C27H25N5O4S2. The maximum atomic E-state index is 12.3. The van der Waals surface area contributed by atoms with E-state index < -0.39 is 21.5 Å². The summed E-state index contributed by atoms with van der Waals surface area (Å²) in [5, 5.41) is 7.62. The van der Waals surface area contributed by atoms with Crippen LogP contribution in [0.15, 0.2) is 72.1 Å². The van der Waals surface area contributed by atoms with Crippen LogP contribution >= 0.6 is 11.3 Å². The number of carbonyl (C=O) groups is 1. The first kappa shape index (κ1) is 25.6. The lowest BCUT2D eigenvalue weighted by Gasteiger charge is -2.19. The number of fused-ring (bicyclic) bond motifs is 2. The molecule has 0 saturated heterocycles. The molecule has 38 heavy (non-hydrogen) atoms. The van der Waals surface area contributed by atoms with Crippen molar-refractivity contribution in [1.82, 2.24) is 15.0 Å². The summed E-state index contributed by atoms with van der Waals surface area (Å²) in [7, 11) is -3.47. The van der Waals surface area contributed by atoms with Crippen molar-refractivity contribution in [2.24, 2.45) is 0 Å². The molecule has 1 amide bonds. The minimum atomic E-state index is -3.47. The summed E-state index contributed by atoms with van der Waals surface area (Å²) in [6.45, 7) is 5.45. The summed E-state index contributed by atoms with van der Waals surface area (Å²) >= 11 is 1.45. The fourth-order valence-corrected chi connectivity index (χ4v) is 5.74. The van der Waals surface area contributed by atoms with Gasteiger partial charge in [-0.05, 0) is 68.1 Å². The number of aromatic nitrogens is 3. The second kappa shape index (κ2) is 9.66. The van der Waals surface area contributed by atoms with E-state index in [9.17, 15) is 13.2 Å². The fourth-order valence-electron chi connectivity index (χ4n) is 4.00. The summed E-state index contributed by atoms with van der Waals surface area (Å²) < 4.78 is 30.9. The number of amides is 1. The number of hydrogen-bond acceptors (Lipinski definition) is 9. The standard InChI is InChI=1S/C27H25N5O4S2/c1-27(2,3)36-26(33)32-24-12-17-11-16(5-6-22(17)37-24)19-13-18(14-20-25(19)30-10-9-29-20)31-21-15-28-8-7-23(21)38(4,34)35/h5-15,31H,1-4H3,(H,32,33). The highest BCUT2D eigenvalue weighted by atomic mass is 32.2. The molecule has 0 bridgehead atoms. The van der Waals surface area contributed by atoms with Gasteiger partial charge in [0, 0.05) is 40.8 Å². The van der Waals surface area contributed by atoms with E-state index >= 15 is 0 Å². The van der Waals surface area contributed by atoms with Gasteiger partial charge in [-0.25, -0.2) is 13.2 Å². The number of nitrogens with one attached hydrogen (secondary N) is 2. The highest BCUT2D eigenvalue weighted by Gasteiger charge is 2.18. The molecule has 9 nitrogen and oxygen atoms in total. The molecule has 0 aliphatic carbocycles. The highest BCUT2D eigenvalue weighted by molar-refractivity contribution is 7.90. The van der Waals surface area contributed by atoms with Gasteiger partial charge in [-0.3, -0.25) is 20.3 Å². The second-order valence-electron chi connectivity index (χ2n) is 9.71.